The van der Waals surface area contributed by atoms with Gasteiger partial charge >= 0.3 is 0 Å². The molecule has 3 amide bonds. The Labute approximate surface area is 148 Å². The molecular weight excluding hydrogens is 334 g/mol. The highest BCUT2D eigenvalue weighted by Gasteiger charge is 2.36. The zero-order valence-corrected chi connectivity index (χ0v) is 13.5. The van der Waals surface area contributed by atoms with E-state index in [1.807, 2.05) is 0 Å². The number of oxazole rings is 1. The van der Waals surface area contributed by atoms with E-state index in [-0.39, 0.29) is 6.54 Å². The molecular formula is C19H13N3O4. The maximum atomic E-state index is 12.3. The van der Waals surface area contributed by atoms with Crippen molar-refractivity contribution in [3.8, 4) is 11.3 Å². The molecule has 7 heteroatoms. The number of fused-ring (bicyclic) bond motifs is 1. The minimum Gasteiger partial charge on any atom is -0.444 e. The van der Waals surface area contributed by atoms with E-state index in [1.54, 1.807) is 54.7 Å². The summed E-state index contributed by atoms with van der Waals surface area (Å²) in [5.41, 5.74) is 2.01. The van der Waals surface area contributed by atoms with E-state index < -0.39 is 17.7 Å². The minimum atomic E-state index is -0.457. The molecule has 2 heterocycles. The number of aromatic nitrogens is 1. The van der Waals surface area contributed by atoms with E-state index in [0.29, 0.717) is 22.6 Å². The molecule has 1 aliphatic rings. The Kier molecular flexibility index (Phi) is 3.81. The molecule has 3 aromatic rings. The average Bonchev–Trinajstić information content (AvgIpc) is 3.27. The van der Waals surface area contributed by atoms with Crippen LogP contribution in [0, 0.1) is 0 Å². The van der Waals surface area contributed by atoms with Gasteiger partial charge in [0.1, 0.15) is 6.54 Å². The Balaban J connectivity index is 1.43. The van der Waals surface area contributed by atoms with Crippen LogP contribution in [0.1, 0.15) is 20.7 Å². The van der Waals surface area contributed by atoms with E-state index in [1.165, 1.54) is 6.39 Å². The SMILES string of the molecule is O=C(CN1C(=O)c2ccccc2C1=O)Nc1ccc(-c2cnco2)cc1. The van der Waals surface area contributed by atoms with Gasteiger partial charge in [0.05, 0.1) is 17.3 Å². The molecule has 0 saturated heterocycles. The molecule has 0 spiro atoms. The third kappa shape index (κ3) is 2.75. The predicted octanol–water partition coefficient (Wildman–Crippen LogP) is 2.58. The van der Waals surface area contributed by atoms with Crippen molar-refractivity contribution in [2.45, 2.75) is 0 Å². The lowest BCUT2D eigenvalue weighted by atomic mass is 10.1. The van der Waals surface area contributed by atoms with E-state index in [4.69, 9.17) is 4.42 Å². The maximum absolute atomic E-state index is 12.3. The minimum absolute atomic E-state index is 0.321. The molecule has 0 saturated carbocycles. The number of rotatable bonds is 4. The van der Waals surface area contributed by atoms with Gasteiger partial charge in [-0.15, -0.1) is 0 Å². The van der Waals surface area contributed by atoms with Crippen LogP contribution in [0.3, 0.4) is 0 Å². The monoisotopic (exact) mass is 347 g/mol. The van der Waals surface area contributed by atoms with Crippen molar-refractivity contribution in [2.24, 2.45) is 0 Å². The lowest BCUT2D eigenvalue weighted by Crippen LogP contribution is -2.37. The molecule has 0 radical (unpaired) electrons. The molecule has 4 rings (SSSR count). The first-order valence-corrected chi connectivity index (χ1v) is 7.87. The van der Waals surface area contributed by atoms with Crippen molar-refractivity contribution in [3.63, 3.8) is 0 Å². The number of nitrogens with zero attached hydrogens (tertiary/aromatic N) is 2. The summed E-state index contributed by atoms with van der Waals surface area (Å²) in [7, 11) is 0. The summed E-state index contributed by atoms with van der Waals surface area (Å²) < 4.78 is 5.20. The molecule has 1 aliphatic heterocycles. The Morgan fingerprint density at radius 2 is 1.65 bits per heavy atom. The largest absolute Gasteiger partial charge is 0.444 e. The topological polar surface area (TPSA) is 92.5 Å². The third-order valence-electron chi connectivity index (χ3n) is 4.07. The molecule has 0 fully saturated rings. The molecule has 1 aromatic heterocycles. The van der Waals surface area contributed by atoms with Crippen molar-refractivity contribution >= 4 is 23.4 Å². The van der Waals surface area contributed by atoms with Gasteiger partial charge in [-0.05, 0) is 36.4 Å². The Morgan fingerprint density at radius 1 is 1.00 bits per heavy atom. The van der Waals surface area contributed by atoms with Crippen molar-refractivity contribution in [3.05, 3.63) is 72.2 Å². The fraction of sp³-hybridized carbons (Fsp3) is 0.0526. The van der Waals surface area contributed by atoms with Crippen LogP contribution in [0.4, 0.5) is 5.69 Å². The number of hydrogen-bond donors (Lipinski definition) is 1. The summed E-state index contributed by atoms with van der Waals surface area (Å²) >= 11 is 0. The molecule has 26 heavy (non-hydrogen) atoms. The number of benzene rings is 2. The van der Waals surface area contributed by atoms with Crippen molar-refractivity contribution in [2.75, 3.05) is 11.9 Å². The normalized spacial score (nSPS) is 13.0. The van der Waals surface area contributed by atoms with Crippen LogP contribution in [-0.4, -0.2) is 34.2 Å². The zero-order chi connectivity index (χ0) is 18.1. The quantitative estimate of drug-likeness (QED) is 0.732. The average molecular weight is 347 g/mol. The van der Waals surface area contributed by atoms with E-state index in [2.05, 4.69) is 10.3 Å². The summed E-state index contributed by atoms with van der Waals surface area (Å²) in [4.78, 5) is 41.6. The van der Waals surface area contributed by atoms with Crippen LogP contribution < -0.4 is 5.32 Å². The number of amides is 3. The standard InChI is InChI=1S/C19H13N3O4/c23-17(10-22-18(24)14-3-1-2-4-15(14)19(22)25)21-13-7-5-12(6-8-13)16-9-20-11-26-16/h1-9,11H,10H2,(H,21,23). The summed E-state index contributed by atoms with van der Waals surface area (Å²) in [5, 5.41) is 2.68. The maximum Gasteiger partial charge on any atom is 0.262 e. The fourth-order valence-corrected chi connectivity index (χ4v) is 2.80. The molecule has 0 atom stereocenters. The summed E-state index contributed by atoms with van der Waals surface area (Å²) in [6.07, 6.45) is 2.93. The Hall–Kier alpha value is -3.74. The molecule has 1 N–H and O–H groups in total. The molecule has 0 bridgehead atoms. The second-order valence-corrected chi connectivity index (χ2v) is 5.73. The second kappa shape index (κ2) is 6.29. The number of anilines is 1. The van der Waals surface area contributed by atoms with Gasteiger partial charge in [0.2, 0.25) is 5.91 Å². The number of carbonyl (C=O) groups is 3. The number of hydrogen-bond acceptors (Lipinski definition) is 5. The predicted molar refractivity (Wildman–Crippen MR) is 92.4 cm³/mol. The van der Waals surface area contributed by atoms with E-state index >= 15 is 0 Å². The molecule has 0 unspecified atom stereocenters. The Morgan fingerprint density at radius 3 is 2.23 bits per heavy atom. The first-order chi connectivity index (χ1) is 12.6. The van der Waals surface area contributed by atoms with Crippen LogP contribution in [0.2, 0.25) is 0 Å². The number of nitrogens with one attached hydrogen (secondary N) is 1. The number of imide groups is 1. The Bertz CT molecular complexity index is 959. The van der Waals surface area contributed by atoms with E-state index in [9.17, 15) is 14.4 Å². The van der Waals surface area contributed by atoms with Gasteiger partial charge < -0.3 is 9.73 Å². The van der Waals surface area contributed by atoms with Gasteiger partial charge in [-0.25, -0.2) is 4.98 Å². The molecule has 7 nitrogen and oxygen atoms in total. The lowest BCUT2D eigenvalue weighted by Gasteiger charge is -2.13. The van der Waals surface area contributed by atoms with Crippen molar-refractivity contribution in [1.82, 2.24) is 9.88 Å². The smallest absolute Gasteiger partial charge is 0.262 e. The summed E-state index contributed by atoms with van der Waals surface area (Å²) in [6, 6.07) is 13.5. The van der Waals surface area contributed by atoms with Gasteiger partial charge in [0, 0.05) is 11.3 Å². The van der Waals surface area contributed by atoms with Crippen LogP contribution in [0.15, 0.2) is 65.5 Å². The van der Waals surface area contributed by atoms with Gasteiger partial charge in [-0.1, -0.05) is 12.1 Å². The van der Waals surface area contributed by atoms with Gasteiger partial charge in [0.25, 0.3) is 11.8 Å². The number of carbonyl (C=O) groups excluding carboxylic acids is 3. The van der Waals surface area contributed by atoms with Crippen LogP contribution in [0.5, 0.6) is 0 Å². The second-order valence-electron chi connectivity index (χ2n) is 5.73. The fourth-order valence-electron chi connectivity index (χ4n) is 2.80. The summed E-state index contributed by atoms with van der Waals surface area (Å²) in [5.74, 6) is -0.747. The molecule has 2 aromatic carbocycles. The van der Waals surface area contributed by atoms with Gasteiger partial charge in [-0.2, -0.15) is 0 Å². The van der Waals surface area contributed by atoms with Crippen molar-refractivity contribution < 1.29 is 18.8 Å². The first-order valence-electron chi connectivity index (χ1n) is 7.87. The zero-order valence-electron chi connectivity index (χ0n) is 13.5. The molecule has 128 valence electrons. The van der Waals surface area contributed by atoms with Gasteiger partial charge in [-0.3, -0.25) is 19.3 Å². The van der Waals surface area contributed by atoms with E-state index in [0.717, 1.165) is 10.5 Å². The lowest BCUT2D eigenvalue weighted by molar-refractivity contribution is -0.116. The van der Waals surface area contributed by atoms with Crippen LogP contribution in [-0.2, 0) is 4.79 Å². The van der Waals surface area contributed by atoms with Crippen molar-refractivity contribution in [1.29, 1.82) is 0 Å². The van der Waals surface area contributed by atoms with Crippen LogP contribution in [0.25, 0.3) is 11.3 Å². The summed E-state index contributed by atoms with van der Waals surface area (Å²) in [6.45, 7) is -0.337. The highest BCUT2D eigenvalue weighted by Crippen LogP contribution is 2.23. The highest BCUT2D eigenvalue weighted by atomic mass is 16.3. The van der Waals surface area contributed by atoms with Crippen LogP contribution >= 0.6 is 0 Å². The highest BCUT2D eigenvalue weighted by molar-refractivity contribution is 6.22. The van der Waals surface area contributed by atoms with Gasteiger partial charge in [0.15, 0.2) is 12.2 Å². The molecule has 0 aliphatic carbocycles. The third-order valence-corrected chi connectivity index (χ3v) is 4.07. The first kappa shape index (κ1) is 15.8.